The van der Waals surface area contributed by atoms with Crippen LogP contribution in [-0.4, -0.2) is 12.5 Å². The number of nitrogens with two attached hydrogens (primary N) is 1. The number of rotatable bonds is 3. The van der Waals surface area contributed by atoms with Gasteiger partial charge in [-0.25, -0.2) is 4.39 Å². The second-order valence-corrected chi connectivity index (χ2v) is 4.72. The van der Waals surface area contributed by atoms with Crippen LogP contribution in [0.2, 0.25) is 0 Å². The van der Waals surface area contributed by atoms with Gasteiger partial charge in [0.1, 0.15) is 5.82 Å². The van der Waals surface area contributed by atoms with E-state index in [0.29, 0.717) is 5.69 Å². The van der Waals surface area contributed by atoms with Crippen molar-refractivity contribution in [1.82, 2.24) is 0 Å². The first-order valence-electron chi connectivity index (χ1n) is 6.25. The van der Waals surface area contributed by atoms with Crippen molar-refractivity contribution in [2.75, 3.05) is 11.9 Å². The van der Waals surface area contributed by atoms with E-state index in [1.807, 2.05) is 20.8 Å². The number of amides is 1. The molecule has 0 aliphatic rings. The maximum absolute atomic E-state index is 13.7. The van der Waals surface area contributed by atoms with Crippen molar-refractivity contribution in [2.24, 2.45) is 17.6 Å². The third-order valence-corrected chi connectivity index (χ3v) is 2.98. The van der Waals surface area contributed by atoms with Crippen LogP contribution < -0.4 is 11.1 Å². The zero-order valence-electron chi connectivity index (χ0n) is 11.5. The van der Waals surface area contributed by atoms with E-state index in [1.54, 1.807) is 6.07 Å². The molecule has 19 heavy (non-hydrogen) atoms. The average Bonchev–Trinajstić information content (AvgIpc) is 2.36. The molecule has 1 aromatic carbocycles. The highest BCUT2D eigenvalue weighted by Crippen LogP contribution is 2.17. The zero-order valence-corrected chi connectivity index (χ0v) is 11.5. The van der Waals surface area contributed by atoms with Crippen LogP contribution in [0.4, 0.5) is 10.1 Å². The predicted molar refractivity (Wildman–Crippen MR) is 75.0 cm³/mol. The number of benzene rings is 1. The van der Waals surface area contributed by atoms with E-state index in [2.05, 4.69) is 17.2 Å². The highest BCUT2D eigenvalue weighted by molar-refractivity contribution is 5.92. The van der Waals surface area contributed by atoms with Crippen LogP contribution in [0.1, 0.15) is 26.3 Å². The second kappa shape index (κ2) is 6.91. The molecule has 1 amide bonds. The molecule has 0 aliphatic heterocycles. The van der Waals surface area contributed by atoms with Gasteiger partial charge in [0.05, 0.1) is 12.1 Å². The van der Waals surface area contributed by atoms with E-state index < -0.39 is 5.82 Å². The van der Waals surface area contributed by atoms with Gasteiger partial charge >= 0.3 is 0 Å². The number of anilines is 1. The summed E-state index contributed by atoms with van der Waals surface area (Å²) < 4.78 is 13.7. The molecular formula is C15H19FN2O. The van der Waals surface area contributed by atoms with Gasteiger partial charge in [-0.05, 0) is 24.1 Å². The second-order valence-electron chi connectivity index (χ2n) is 4.72. The standard InChI is InChI=1S/C15H19FN2O/c1-10(2)11(3)15(19)18-13-7-6-12(5-4-8-17)14(16)9-13/h6-7,9-11H,8,17H2,1-3H3,(H,18,19). The van der Waals surface area contributed by atoms with Gasteiger partial charge in [0.15, 0.2) is 0 Å². The highest BCUT2D eigenvalue weighted by atomic mass is 19.1. The van der Waals surface area contributed by atoms with Crippen molar-refractivity contribution in [3.05, 3.63) is 29.6 Å². The number of nitrogens with one attached hydrogen (secondary N) is 1. The van der Waals surface area contributed by atoms with Gasteiger partial charge < -0.3 is 11.1 Å². The summed E-state index contributed by atoms with van der Waals surface area (Å²) in [6.07, 6.45) is 0. The largest absolute Gasteiger partial charge is 0.326 e. The number of carbonyl (C=O) groups is 1. The molecule has 0 heterocycles. The number of halogens is 1. The molecule has 4 heteroatoms. The van der Waals surface area contributed by atoms with Crippen molar-refractivity contribution < 1.29 is 9.18 Å². The lowest BCUT2D eigenvalue weighted by Crippen LogP contribution is -2.24. The Morgan fingerprint density at radius 3 is 2.63 bits per heavy atom. The fraction of sp³-hybridized carbons (Fsp3) is 0.400. The Morgan fingerprint density at radius 1 is 1.42 bits per heavy atom. The molecule has 0 saturated heterocycles. The van der Waals surface area contributed by atoms with Crippen molar-refractivity contribution in [2.45, 2.75) is 20.8 Å². The first-order valence-corrected chi connectivity index (χ1v) is 6.25. The van der Waals surface area contributed by atoms with E-state index in [-0.39, 0.29) is 29.9 Å². The molecule has 0 saturated carbocycles. The molecule has 0 aliphatic carbocycles. The van der Waals surface area contributed by atoms with E-state index in [4.69, 9.17) is 5.73 Å². The molecule has 3 N–H and O–H groups in total. The fourth-order valence-corrected chi connectivity index (χ4v) is 1.40. The molecule has 1 unspecified atom stereocenters. The molecule has 0 aromatic heterocycles. The Kier molecular flexibility index (Phi) is 5.53. The van der Waals surface area contributed by atoms with Crippen LogP contribution in [0.3, 0.4) is 0 Å². The van der Waals surface area contributed by atoms with Gasteiger partial charge in [-0.3, -0.25) is 4.79 Å². The molecule has 0 spiro atoms. The third-order valence-electron chi connectivity index (χ3n) is 2.98. The SMILES string of the molecule is CC(C)C(C)C(=O)Nc1ccc(C#CCN)c(F)c1. The van der Waals surface area contributed by atoms with Crippen LogP contribution in [-0.2, 0) is 4.79 Å². The van der Waals surface area contributed by atoms with Gasteiger partial charge in [0.2, 0.25) is 5.91 Å². The molecule has 0 fully saturated rings. The van der Waals surface area contributed by atoms with Crippen LogP contribution in [0.5, 0.6) is 0 Å². The van der Waals surface area contributed by atoms with Gasteiger partial charge in [-0.2, -0.15) is 0 Å². The molecular weight excluding hydrogens is 243 g/mol. The Balaban J connectivity index is 2.82. The molecule has 1 atom stereocenters. The quantitative estimate of drug-likeness (QED) is 0.822. The first-order chi connectivity index (χ1) is 8.95. The van der Waals surface area contributed by atoms with Crippen molar-refractivity contribution in [1.29, 1.82) is 0 Å². The molecule has 1 rings (SSSR count). The van der Waals surface area contributed by atoms with Gasteiger partial charge in [0.25, 0.3) is 0 Å². The minimum absolute atomic E-state index is 0.116. The van der Waals surface area contributed by atoms with Crippen molar-refractivity contribution in [3.63, 3.8) is 0 Å². The summed E-state index contributed by atoms with van der Waals surface area (Å²) in [5.41, 5.74) is 5.95. The molecule has 0 bridgehead atoms. The number of carbonyl (C=O) groups excluding carboxylic acids is 1. The van der Waals surface area contributed by atoms with Crippen molar-refractivity contribution in [3.8, 4) is 11.8 Å². The summed E-state index contributed by atoms with van der Waals surface area (Å²) in [6, 6.07) is 4.44. The topological polar surface area (TPSA) is 55.1 Å². The lowest BCUT2D eigenvalue weighted by atomic mass is 9.97. The third kappa shape index (κ3) is 4.38. The summed E-state index contributed by atoms with van der Waals surface area (Å²) in [5.74, 6) is 4.75. The summed E-state index contributed by atoms with van der Waals surface area (Å²) in [5, 5.41) is 2.70. The minimum atomic E-state index is -0.462. The first kappa shape index (κ1) is 15.2. The zero-order chi connectivity index (χ0) is 14.4. The van der Waals surface area contributed by atoms with E-state index in [9.17, 15) is 9.18 Å². The van der Waals surface area contributed by atoms with Crippen LogP contribution >= 0.6 is 0 Å². The molecule has 0 radical (unpaired) electrons. The lowest BCUT2D eigenvalue weighted by molar-refractivity contribution is -0.120. The van der Waals surface area contributed by atoms with Gasteiger partial charge in [-0.15, -0.1) is 0 Å². The van der Waals surface area contributed by atoms with E-state index in [1.165, 1.54) is 12.1 Å². The van der Waals surface area contributed by atoms with Gasteiger partial charge in [-0.1, -0.05) is 32.6 Å². The predicted octanol–water partition coefficient (Wildman–Crippen LogP) is 2.37. The normalized spacial score (nSPS) is 11.7. The Morgan fingerprint density at radius 2 is 2.11 bits per heavy atom. The summed E-state index contributed by atoms with van der Waals surface area (Å²) in [7, 11) is 0. The van der Waals surface area contributed by atoms with E-state index in [0.717, 1.165) is 0 Å². The van der Waals surface area contributed by atoms with E-state index >= 15 is 0 Å². The number of hydrogen-bond acceptors (Lipinski definition) is 2. The molecule has 102 valence electrons. The average molecular weight is 262 g/mol. The Bertz CT molecular complexity index is 515. The maximum atomic E-state index is 13.7. The Hall–Kier alpha value is -1.86. The summed E-state index contributed by atoms with van der Waals surface area (Å²) in [4.78, 5) is 11.8. The van der Waals surface area contributed by atoms with Gasteiger partial charge in [0, 0.05) is 11.6 Å². The fourth-order valence-electron chi connectivity index (χ4n) is 1.40. The molecule has 3 nitrogen and oxygen atoms in total. The van der Waals surface area contributed by atoms with Crippen molar-refractivity contribution >= 4 is 11.6 Å². The van der Waals surface area contributed by atoms with Crippen LogP contribution in [0.15, 0.2) is 18.2 Å². The smallest absolute Gasteiger partial charge is 0.227 e. The molecule has 1 aromatic rings. The maximum Gasteiger partial charge on any atom is 0.227 e. The highest BCUT2D eigenvalue weighted by Gasteiger charge is 2.16. The monoisotopic (exact) mass is 262 g/mol. The number of hydrogen-bond donors (Lipinski definition) is 2. The van der Waals surface area contributed by atoms with Crippen LogP contribution in [0.25, 0.3) is 0 Å². The summed E-state index contributed by atoms with van der Waals surface area (Å²) in [6.45, 7) is 5.97. The lowest BCUT2D eigenvalue weighted by Gasteiger charge is -2.15. The Labute approximate surface area is 113 Å². The summed E-state index contributed by atoms with van der Waals surface area (Å²) >= 11 is 0. The minimum Gasteiger partial charge on any atom is -0.326 e. The van der Waals surface area contributed by atoms with Crippen LogP contribution in [0, 0.1) is 29.5 Å².